The summed E-state index contributed by atoms with van der Waals surface area (Å²) >= 11 is 0. The fourth-order valence-corrected chi connectivity index (χ4v) is 2.11. The van der Waals surface area contributed by atoms with Gasteiger partial charge < -0.3 is 10.2 Å². The first kappa shape index (κ1) is 7.10. The molecule has 0 bridgehead atoms. The fourth-order valence-electron chi connectivity index (χ4n) is 2.11. The first-order valence-electron chi connectivity index (χ1n) is 4.23. The number of rotatable bonds is 0. The Hall–Kier alpha value is -0.570. The van der Waals surface area contributed by atoms with Crippen LogP contribution in [0.25, 0.3) is 0 Å². The number of hydrogen-bond donors (Lipinski definition) is 1. The number of amides is 1. The van der Waals surface area contributed by atoms with E-state index in [0.717, 1.165) is 38.0 Å². The van der Waals surface area contributed by atoms with Gasteiger partial charge in [0.2, 0.25) is 5.91 Å². The van der Waals surface area contributed by atoms with Gasteiger partial charge in [0.15, 0.2) is 0 Å². The summed E-state index contributed by atoms with van der Waals surface area (Å²) in [5.74, 6) is 1.71. The lowest BCUT2D eigenvalue weighted by Gasteiger charge is -2.13. The SMILES string of the molecule is CC(=O)N1CC2CNCC2C1. The Morgan fingerprint density at radius 1 is 1.36 bits per heavy atom. The second-order valence-corrected chi connectivity index (χ2v) is 3.60. The molecule has 11 heavy (non-hydrogen) atoms. The molecule has 2 aliphatic rings. The maximum atomic E-state index is 11.0. The van der Waals surface area contributed by atoms with Crippen molar-refractivity contribution < 1.29 is 4.79 Å². The molecule has 0 radical (unpaired) electrons. The quantitative estimate of drug-likeness (QED) is 0.519. The third-order valence-electron chi connectivity index (χ3n) is 2.83. The van der Waals surface area contributed by atoms with Gasteiger partial charge in [-0.2, -0.15) is 0 Å². The molecule has 1 N–H and O–H groups in total. The number of carbonyl (C=O) groups excluding carboxylic acids is 1. The van der Waals surface area contributed by atoms with Crippen LogP contribution in [-0.2, 0) is 4.79 Å². The van der Waals surface area contributed by atoms with Gasteiger partial charge in [0.05, 0.1) is 0 Å². The van der Waals surface area contributed by atoms with E-state index in [-0.39, 0.29) is 5.91 Å². The van der Waals surface area contributed by atoms with Gasteiger partial charge in [-0.1, -0.05) is 0 Å². The lowest BCUT2D eigenvalue weighted by Crippen LogP contribution is -2.29. The second-order valence-electron chi connectivity index (χ2n) is 3.60. The molecule has 2 saturated heterocycles. The van der Waals surface area contributed by atoms with E-state index < -0.39 is 0 Å². The monoisotopic (exact) mass is 154 g/mol. The molecule has 0 spiro atoms. The van der Waals surface area contributed by atoms with Gasteiger partial charge in [0, 0.05) is 33.1 Å². The van der Waals surface area contributed by atoms with E-state index in [1.165, 1.54) is 0 Å². The highest BCUT2D eigenvalue weighted by Crippen LogP contribution is 2.25. The van der Waals surface area contributed by atoms with Crippen LogP contribution in [0.1, 0.15) is 6.92 Å². The molecule has 62 valence electrons. The molecule has 0 aliphatic carbocycles. The lowest BCUT2D eigenvalue weighted by atomic mass is 10.0. The van der Waals surface area contributed by atoms with Crippen LogP contribution in [0, 0.1) is 11.8 Å². The molecule has 1 amide bonds. The number of nitrogens with one attached hydrogen (secondary N) is 1. The highest BCUT2D eigenvalue weighted by atomic mass is 16.2. The molecule has 0 aromatic rings. The van der Waals surface area contributed by atoms with Crippen molar-refractivity contribution in [2.75, 3.05) is 26.2 Å². The smallest absolute Gasteiger partial charge is 0.219 e. The molecule has 2 aliphatic heterocycles. The van der Waals surface area contributed by atoms with Crippen LogP contribution in [-0.4, -0.2) is 37.0 Å². The highest BCUT2D eigenvalue weighted by Gasteiger charge is 2.36. The Bertz CT molecular complexity index is 169. The maximum absolute atomic E-state index is 11.0. The highest BCUT2D eigenvalue weighted by molar-refractivity contribution is 5.73. The van der Waals surface area contributed by atoms with Crippen molar-refractivity contribution in [3.05, 3.63) is 0 Å². The van der Waals surface area contributed by atoms with E-state index >= 15 is 0 Å². The van der Waals surface area contributed by atoms with Gasteiger partial charge in [0.1, 0.15) is 0 Å². The third-order valence-corrected chi connectivity index (χ3v) is 2.83. The van der Waals surface area contributed by atoms with Crippen molar-refractivity contribution in [1.29, 1.82) is 0 Å². The van der Waals surface area contributed by atoms with Crippen molar-refractivity contribution in [3.8, 4) is 0 Å². The Balaban J connectivity index is 1.99. The maximum Gasteiger partial charge on any atom is 0.219 e. The topological polar surface area (TPSA) is 32.3 Å². The minimum atomic E-state index is 0.236. The van der Waals surface area contributed by atoms with Gasteiger partial charge >= 0.3 is 0 Å². The minimum Gasteiger partial charge on any atom is -0.342 e. The van der Waals surface area contributed by atoms with E-state index in [1.807, 2.05) is 4.90 Å². The molecule has 2 rings (SSSR count). The molecule has 2 unspecified atom stereocenters. The predicted octanol–water partition coefficient (Wildman–Crippen LogP) is -0.316. The summed E-state index contributed by atoms with van der Waals surface area (Å²) in [6.07, 6.45) is 0. The van der Waals surface area contributed by atoms with E-state index in [9.17, 15) is 4.79 Å². The van der Waals surface area contributed by atoms with Gasteiger partial charge in [-0.3, -0.25) is 4.79 Å². The molecule has 2 atom stereocenters. The normalized spacial score (nSPS) is 35.9. The first-order valence-corrected chi connectivity index (χ1v) is 4.23. The summed E-state index contributed by atoms with van der Waals surface area (Å²) < 4.78 is 0. The summed E-state index contributed by atoms with van der Waals surface area (Å²) in [5.41, 5.74) is 0. The zero-order valence-electron chi connectivity index (χ0n) is 6.84. The largest absolute Gasteiger partial charge is 0.342 e. The summed E-state index contributed by atoms with van der Waals surface area (Å²) in [6.45, 7) is 5.83. The Morgan fingerprint density at radius 3 is 2.36 bits per heavy atom. The summed E-state index contributed by atoms with van der Waals surface area (Å²) in [6, 6.07) is 0. The van der Waals surface area contributed by atoms with Crippen LogP contribution in [0.2, 0.25) is 0 Å². The summed E-state index contributed by atoms with van der Waals surface area (Å²) in [5, 5.41) is 3.35. The van der Waals surface area contributed by atoms with E-state index in [4.69, 9.17) is 0 Å². The zero-order chi connectivity index (χ0) is 7.84. The molecule has 0 aromatic carbocycles. The third kappa shape index (κ3) is 1.13. The molecule has 3 heteroatoms. The van der Waals surface area contributed by atoms with Crippen LogP contribution >= 0.6 is 0 Å². The summed E-state index contributed by atoms with van der Waals surface area (Å²) in [7, 11) is 0. The average Bonchev–Trinajstić information content (AvgIpc) is 2.40. The van der Waals surface area contributed by atoms with E-state index in [0.29, 0.717) is 0 Å². The van der Waals surface area contributed by atoms with Gasteiger partial charge in [-0.05, 0) is 11.8 Å². The Labute approximate surface area is 66.8 Å². The van der Waals surface area contributed by atoms with E-state index in [2.05, 4.69) is 5.32 Å². The van der Waals surface area contributed by atoms with Crippen LogP contribution in [0.4, 0.5) is 0 Å². The Morgan fingerprint density at radius 2 is 1.91 bits per heavy atom. The van der Waals surface area contributed by atoms with Crippen molar-refractivity contribution in [2.45, 2.75) is 6.92 Å². The Kier molecular flexibility index (Phi) is 1.60. The molecular weight excluding hydrogens is 140 g/mol. The number of nitrogens with zero attached hydrogens (tertiary/aromatic N) is 1. The number of hydrogen-bond acceptors (Lipinski definition) is 2. The minimum absolute atomic E-state index is 0.236. The predicted molar refractivity (Wildman–Crippen MR) is 42.1 cm³/mol. The molecule has 0 saturated carbocycles. The fraction of sp³-hybridized carbons (Fsp3) is 0.875. The molecule has 2 heterocycles. The van der Waals surface area contributed by atoms with Crippen molar-refractivity contribution in [1.82, 2.24) is 10.2 Å². The molecule has 3 nitrogen and oxygen atoms in total. The molecule has 2 fully saturated rings. The van der Waals surface area contributed by atoms with Crippen molar-refractivity contribution in [3.63, 3.8) is 0 Å². The second kappa shape index (κ2) is 2.48. The van der Waals surface area contributed by atoms with Crippen LogP contribution in [0.5, 0.6) is 0 Å². The zero-order valence-corrected chi connectivity index (χ0v) is 6.84. The number of likely N-dealkylation sites (tertiary alicyclic amines) is 1. The van der Waals surface area contributed by atoms with Gasteiger partial charge in [-0.15, -0.1) is 0 Å². The van der Waals surface area contributed by atoms with Crippen LogP contribution < -0.4 is 5.32 Å². The first-order chi connectivity index (χ1) is 5.27. The standard InChI is InChI=1S/C8H14N2O/c1-6(11)10-4-7-2-9-3-8(7)5-10/h7-9H,2-5H2,1H3. The lowest BCUT2D eigenvalue weighted by molar-refractivity contribution is -0.128. The van der Waals surface area contributed by atoms with Crippen molar-refractivity contribution >= 4 is 5.91 Å². The molecule has 0 aromatic heterocycles. The van der Waals surface area contributed by atoms with Crippen LogP contribution in [0.15, 0.2) is 0 Å². The van der Waals surface area contributed by atoms with Crippen molar-refractivity contribution in [2.24, 2.45) is 11.8 Å². The van der Waals surface area contributed by atoms with Gasteiger partial charge in [0.25, 0.3) is 0 Å². The number of fused-ring (bicyclic) bond motifs is 1. The average molecular weight is 154 g/mol. The number of carbonyl (C=O) groups is 1. The van der Waals surface area contributed by atoms with E-state index in [1.54, 1.807) is 6.92 Å². The summed E-state index contributed by atoms with van der Waals surface area (Å²) in [4.78, 5) is 13.0. The molecular formula is C8H14N2O. The van der Waals surface area contributed by atoms with Crippen LogP contribution in [0.3, 0.4) is 0 Å². The van der Waals surface area contributed by atoms with Gasteiger partial charge in [-0.25, -0.2) is 0 Å².